The maximum absolute atomic E-state index is 5.39. The first-order valence-corrected chi connectivity index (χ1v) is 8.70. The van der Waals surface area contributed by atoms with Gasteiger partial charge in [-0.15, -0.1) is 0 Å². The summed E-state index contributed by atoms with van der Waals surface area (Å²) in [6.07, 6.45) is 1.71. The van der Waals surface area contributed by atoms with E-state index in [0.29, 0.717) is 18.3 Å². The van der Waals surface area contributed by atoms with E-state index in [2.05, 4.69) is 20.3 Å². The van der Waals surface area contributed by atoms with Crippen LogP contribution in [0.1, 0.15) is 11.5 Å². The number of benzene rings is 1. The molecule has 142 valence electrons. The Bertz CT molecular complexity index is 1050. The Labute approximate surface area is 161 Å². The average molecular weight is 377 g/mol. The Morgan fingerprint density at radius 2 is 1.79 bits per heavy atom. The quantitative estimate of drug-likeness (QED) is 0.502. The molecular formula is C20H19N5O3. The second kappa shape index (κ2) is 7.51. The number of nitrogens with zero attached hydrogens (tertiary/aromatic N) is 5. The van der Waals surface area contributed by atoms with Gasteiger partial charge in [-0.05, 0) is 43.3 Å². The normalized spacial score (nSPS) is 10.8. The van der Waals surface area contributed by atoms with Crippen LogP contribution in [0.3, 0.4) is 0 Å². The van der Waals surface area contributed by atoms with Gasteiger partial charge in [0.15, 0.2) is 5.76 Å². The SMILES string of the molecule is COc1ccc(-c2noc(-c3ccc(N(C)Cc4cc(C)no4)nc3)n2)cc1. The number of hydrogen-bond acceptors (Lipinski definition) is 8. The monoisotopic (exact) mass is 377 g/mol. The Balaban J connectivity index is 1.48. The minimum Gasteiger partial charge on any atom is -0.497 e. The lowest BCUT2D eigenvalue weighted by Gasteiger charge is -2.16. The van der Waals surface area contributed by atoms with Crippen molar-refractivity contribution in [2.45, 2.75) is 13.5 Å². The molecule has 0 aliphatic carbocycles. The number of ether oxygens (including phenoxy) is 1. The lowest BCUT2D eigenvalue weighted by molar-refractivity contribution is 0.379. The summed E-state index contributed by atoms with van der Waals surface area (Å²) in [5.41, 5.74) is 2.46. The second-order valence-electron chi connectivity index (χ2n) is 6.35. The molecule has 0 N–H and O–H groups in total. The van der Waals surface area contributed by atoms with E-state index in [1.54, 1.807) is 13.3 Å². The number of rotatable bonds is 6. The fourth-order valence-corrected chi connectivity index (χ4v) is 2.74. The summed E-state index contributed by atoms with van der Waals surface area (Å²) in [5, 5.41) is 7.95. The van der Waals surface area contributed by atoms with Crippen LogP contribution in [0, 0.1) is 6.92 Å². The van der Waals surface area contributed by atoms with Crippen LogP contribution in [0.15, 0.2) is 57.7 Å². The molecular weight excluding hydrogens is 358 g/mol. The predicted octanol–water partition coefficient (Wildman–Crippen LogP) is 3.74. The summed E-state index contributed by atoms with van der Waals surface area (Å²) in [4.78, 5) is 10.9. The Morgan fingerprint density at radius 3 is 2.43 bits per heavy atom. The molecule has 3 aromatic heterocycles. The molecule has 0 aliphatic heterocycles. The molecule has 0 saturated heterocycles. The van der Waals surface area contributed by atoms with Crippen molar-refractivity contribution in [1.82, 2.24) is 20.3 Å². The van der Waals surface area contributed by atoms with Crippen molar-refractivity contribution in [1.29, 1.82) is 0 Å². The third kappa shape index (κ3) is 3.71. The molecule has 0 fully saturated rings. The number of hydrogen-bond donors (Lipinski definition) is 0. The van der Waals surface area contributed by atoms with E-state index in [0.717, 1.165) is 34.1 Å². The molecule has 3 heterocycles. The predicted molar refractivity (Wildman–Crippen MR) is 103 cm³/mol. The molecule has 0 spiro atoms. The molecule has 4 aromatic rings. The molecule has 0 saturated carbocycles. The molecule has 0 unspecified atom stereocenters. The summed E-state index contributed by atoms with van der Waals surface area (Å²) in [6.45, 7) is 2.47. The van der Waals surface area contributed by atoms with Gasteiger partial charge in [-0.25, -0.2) is 4.98 Å². The molecule has 0 atom stereocenters. The molecule has 0 bridgehead atoms. The topological polar surface area (TPSA) is 90.3 Å². The first-order valence-electron chi connectivity index (χ1n) is 8.70. The zero-order valence-corrected chi connectivity index (χ0v) is 15.8. The van der Waals surface area contributed by atoms with Gasteiger partial charge in [-0.3, -0.25) is 0 Å². The molecule has 1 aromatic carbocycles. The van der Waals surface area contributed by atoms with Gasteiger partial charge in [0.1, 0.15) is 11.6 Å². The van der Waals surface area contributed by atoms with Crippen LogP contribution in [0.4, 0.5) is 5.82 Å². The van der Waals surface area contributed by atoms with Crippen molar-refractivity contribution < 1.29 is 13.8 Å². The maximum atomic E-state index is 5.39. The Morgan fingerprint density at radius 1 is 1.00 bits per heavy atom. The standard InChI is InChI=1S/C20H19N5O3/c1-13-10-17(27-23-13)12-25(2)18-9-6-15(11-21-18)20-22-19(24-28-20)14-4-7-16(26-3)8-5-14/h4-11H,12H2,1-3H3. The zero-order chi connectivity index (χ0) is 19.5. The van der Waals surface area contributed by atoms with Gasteiger partial charge in [0, 0.05) is 24.9 Å². The van der Waals surface area contributed by atoms with Gasteiger partial charge < -0.3 is 18.7 Å². The van der Waals surface area contributed by atoms with Gasteiger partial charge in [0.25, 0.3) is 5.89 Å². The van der Waals surface area contributed by atoms with Crippen LogP contribution in [-0.2, 0) is 6.54 Å². The van der Waals surface area contributed by atoms with E-state index in [4.69, 9.17) is 13.8 Å². The van der Waals surface area contributed by atoms with Crippen molar-refractivity contribution in [3.8, 4) is 28.6 Å². The van der Waals surface area contributed by atoms with Crippen molar-refractivity contribution in [3.05, 3.63) is 60.1 Å². The van der Waals surface area contributed by atoms with Gasteiger partial charge in [-0.1, -0.05) is 10.3 Å². The van der Waals surface area contributed by atoms with Gasteiger partial charge in [0.05, 0.1) is 24.9 Å². The van der Waals surface area contributed by atoms with Crippen LogP contribution in [0.5, 0.6) is 5.75 Å². The number of aryl methyl sites for hydroxylation is 1. The highest BCUT2D eigenvalue weighted by molar-refractivity contribution is 5.60. The molecule has 0 amide bonds. The molecule has 8 nitrogen and oxygen atoms in total. The highest BCUT2D eigenvalue weighted by atomic mass is 16.5. The van der Waals surface area contributed by atoms with Crippen LogP contribution < -0.4 is 9.64 Å². The van der Waals surface area contributed by atoms with E-state index in [1.807, 2.05) is 61.3 Å². The van der Waals surface area contributed by atoms with E-state index >= 15 is 0 Å². The zero-order valence-electron chi connectivity index (χ0n) is 15.8. The Kier molecular flexibility index (Phi) is 4.76. The third-order valence-electron chi connectivity index (χ3n) is 4.23. The highest BCUT2D eigenvalue weighted by Gasteiger charge is 2.13. The first kappa shape index (κ1) is 17.7. The van der Waals surface area contributed by atoms with Gasteiger partial charge in [0.2, 0.25) is 5.82 Å². The Hall–Kier alpha value is -3.68. The molecule has 0 aliphatic rings. The minimum atomic E-state index is 0.415. The smallest absolute Gasteiger partial charge is 0.259 e. The number of aromatic nitrogens is 4. The van der Waals surface area contributed by atoms with Crippen molar-refractivity contribution >= 4 is 5.82 Å². The van der Waals surface area contributed by atoms with E-state index in [1.165, 1.54) is 0 Å². The largest absolute Gasteiger partial charge is 0.497 e. The lowest BCUT2D eigenvalue weighted by atomic mass is 10.2. The van der Waals surface area contributed by atoms with Crippen molar-refractivity contribution in [3.63, 3.8) is 0 Å². The maximum Gasteiger partial charge on any atom is 0.259 e. The summed E-state index contributed by atoms with van der Waals surface area (Å²) < 4.78 is 15.8. The number of anilines is 1. The van der Waals surface area contributed by atoms with E-state index < -0.39 is 0 Å². The van der Waals surface area contributed by atoms with Crippen LogP contribution in [0.25, 0.3) is 22.8 Å². The van der Waals surface area contributed by atoms with Crippen LogP contribution in [-0.4, -0.2) is 34.4 Å². The molecule has 4 rings (SSSR count). The van der Waals surface area contributed by atoms with Crippen LogP contribution >= 0.6 is 0 Å². The highest BCUT2D eigenvalue weighted by Crippen LogP contribution is 2.24. The molecule has 8 heteroatoms. The van der Waals surface area contributed by atoms with Gasteiger partial charge in [-0.2, -0.15) is 4.98 Å². The number of methoxy groups -OCH3 is 1. The summed E-state index contributed by atoms with van der Waals surface area (Å²) >= 11 is 0. The summed E-state index contributed by atoms with van der Waals surface area (Å²) in [6, 6.07) is 13.2. The first-order chi connectivity index (χ1) is 13.6. The summed E-state index contributed by atoms with van der Waals surface area (Å²) in [5.74, 6) is 3.29. The van der Waals surface area contributed by atoms with Crippen molar-refractivity contribution in [2.24, 2.45) is 0 Å². The fraction of sp³-hybridized carbons (Fsp3) is 0.200. The average Bonchev–Trinajstić information content (AvgIpc) is 3.37. The second-order valence-corrected chi connectivity index (χ2v) is 6.35. The van der Waals surface area contributed by atoms with Gasteiger partial charge >= 0.3 is 0 Å². The molecule has 28 heavy (non-hydrogen) atoms. The van der Waals surface area contributed by atoms with E-state index in [-0.39, 0.29) is 0 Å². The lowest BCUT2D eigenvalue weighted by Crippen LogP contribution is -2.17. The molecule has 0 radical (unpaired) electrons. The fourth-order valence-electron chi connectivity index (χ4n) is 2.74. The van der Waals surface area contributed by atoms with E-state index in [9.17, 15) is 0 Å². The number of pyridine rings is 1. The minimum absolute atomic E-state index is 0.415. The van der Waals surface area contributed by atoms with Crippen LogP contribution in [0.2, 0.25) is 0 Å². The summed E-state index contributed by atoms with van der Waals surface area (Å²) in [7, 11) is 3.57. The third-order valence-corrected chi connectivity index (χ3v) is 4.23. The van der Waals surface area contributed by atoms with Crippen molar-refractivity contribution in [2.75, 3.05) is 19.1 Å².